The highest BCUT2D eigenvalue weighted by Gasteiger charge is 2.30. The average Bonchev–Trinajstić information content (AvgIpc) is 3.35. The van der Waals surface area contributed by atoms with E-state index in [4.69, 9.17) is 9.47 Å². The molecule has 1 amide bonds. The van der Waals surface area contributed by atoms with Crippen LogP contribution in [0.5, 0.6) is 5.75 Å². The molecule has 0 spiro atoms. The van der Waals surface area contributed by atoms with Gasteiger partial charge >= 0.3 is 11.7 Å². The standard InChI is InChI=1S/C24H27N3O6S/c1-3-33-23(30)17-7-5-10-25(14-17)20(28)15-26-19-9-11-34-21(19)22(29)27(24(26)31)13-16-6-4-8-18(12-16)32-2/h4,6,8-9,11-12,17H,3,5,7,10,13-15H2,1-2H3/t17-/m0/s1. The number of amides is 1. The summed E-state index contributed by atoms with van der Waals surface area (Å²) >= 11 is 1.24. The molecule has 0 unspecified atom stereocenters. The zero-order chi connectivity index (χ0) is 24.2. The minimum atomic E-state index is -0.550. The molecule has 1 aliphatic heterocycles. The summed E-state index contributed by atoms with van der Waals surface area (Å²) in [4.78, 5) is 53.4. The van der Waals surface area contributed by atoms with E-state index >= 15 is 0 Å². The van der Waals surface area contributed by atoms with Gasteiger partial charge in [0, 0.05) is 13.1 Å². The largest absolute Gasteiger partial charge is 0.497 e. The van der Waals surface area contributed by atoms with Crippen LogP contribution in [0, 0.1) is 5.92 Å². The molecule has 34 heavy (non-hydrogen) atoms. The Labute approximate surface area is 200 Å². The lowest BCUT2D eigenvalue weighted by molar-refractivity contribution is -0.151. The van der Waals surface area contributed by atoms with E-state index in [1.165, 1.54) is 15.9 Å². The molecule has 3 aromatic rings. The minimum Gasteiger partial charge on any atom is -0.497 e. The van der Waals surface area contributed by atoms with Crippen molar-refractivity contribution in [3.05, 3.63) is 62.1 Å². The number of benzene rings is 1. The molecule has 1 fully saturated rings. The van der Waals surface area contributed by atoms with E-state index in [9.17, 15) is 19.2 Å². The Morgan fingerprint density at radius 1 is 1.18 bits per heavy atom. The number of ether oxygens (including phenoxy) is 2. The lowest BCUT2D eigenvalue weighted by Crippen LogP contribution is -2.47. The third-order valence-corrected chi connectivity index (χ3v) is 6.89. The normalized spacial score (nSPS) is 15.9. The first-order chi connectivity index (χ1) is 16.4. The highest BCUT2D eigenvalue weighted by molar-refractivity contribution is 7.17. The maximum atomic E-state index is 13.4. The van der Waals surface area contributed by atoms with Crippen LogP contribution in [0.2, 0.25) is 0 Å². The summed E-state index contributed by atoms with van der Waals surface area (Å²) in [6.07, 6.45) is 1.36. The predicted octanol–water partition coefficient (Wildman–Crippen LogP) is 2.08. The summed E-state index contributed by atoms with van der Waals surface area (Å²) in [5, 5.41) is 1.74. The van der Waals surface area contributed by atoms with Crippen molar-refractivity contribution in [2.75, 3.05) is 26.8 Å². The highest BCUT2D eigenvalue weighted by atomic mass is 32.1. The zero-order valence-electron chi connectivity index (χ0n) is 19.2. The Bertz CT molecular complexity index is 1320. The summed E-state index contributed by atoms with van der Waals surface area (Å²) in [7, 11) is 1.55. The van der Waals surface area contributed by atoms with Gasteiger partial charge in [-0.1, -0.05) is 12.1 Å². The number of carbonyl (C=O) groups is 2. The summed E-state index contributed by atoms with van der Waals surface area (Å²) in [6.45, 7) is 2.68. The molecule has 4 rings (SSSR count). The Hall–Kier alpha value is -3.40. The highest BCUT2D eigenvalue weighted by Crippen LogP contribution is 2.20. The summed E-state index contributed by atoms with van der Waals surface area (Å²) in [6, 6.07) is 8.84. The van der Waals surface area contributed by atoms with Crippen molar-refractivity contribution >= 4 is 33.4 Å². The van der Waals surface area contributed by atoms with E-state index < -0.39 is 5.69 Å². The van der Waals surface area contributed by atoms with Gasteiger partial charge in [0.15, 0.2) is 0 Å². The first kappa shape index (κ1) is 23.7. The third kappa shape index (κ3) is 4.77. The molecule has 0 radical (unpaired) electrons. The van der Waals surface area contributed by atoms with Gasteiger partial charge in [0.1, 0.15) is 17.0 Å². The van der Waals surface area contributed by atoms with Crippen molar-refractivity contribution in [3.63, 3.8) is 0 Å². The van der Waals surface area contributed by atoms with Crippen molar-refractivity contribution in [1.29, 1.82) is 0 Å². The van der Waals surface area contributed by atoms with Gasteiger partial charge in [0.2, 0.25) is 5.91 Å². The second kappa shape index (κ2) is 10.3. The van der Waals surface area contributed by atoms with Crippen LogP contribution >= 0.6 is 11.3 Å². The number of rotatable bonds is 7. The second-order valence-electron chi connectivity index (χ2n) is 8.18. The van der Waals surface area contributed by atoms with Crippen LogP contribution in [0.15, 0.2) is 45.3 Å². The van der Waals surface area contributed by atoms with Gasteiger partial charge in [-0.15, -0.1) is 11.3 Å². The molecule has 0 N–H and O–H groups in total. The Morgan fingerprint density at radius 2 is 2.00 bits per heavy atom. The molecule has 1 aliphatic rings. The Kier molecular flexibility index (Phi) is 7.16. The second-order valence-corrected chi connectivity index (χ2v) is 9.09. The fourth-order valence-electron chi connectivity index (χ4n) is 4.27. The van der Waals surface area contributed by atoms with E-state index in [0.717, 1.165) is 10.1 Å². The first-order valence-electron chi connectivity index (χ1n) is 11.2. The van der Waals surface area contributed by atoms with Gasteiger partial charge in [-0.2, -0.15) is 0 Å². The molecule has 180 valence electrons. The van der Waals surface area contributed by atoms with Gasteiger partial charge < -0.3 is 14.4 Å². The van der Waals surface area contributed by atoms with Crippen LogP contribution in [0.4, 0.5) is 0 Å². The smallest absolute Gasteiger partial charge is 0.332 e. The Balaban J connectivity index is 1.64. The molecular formula is C24H27N3O6S. The monoisotopic (exact) mass is 485 g/mol. The van der Waals surface area contributed by atoms with Crippen molar-refractivity contribution in [2.24, 2.45) is 5.92 Å². The maximum absolute atomic E-state index is 13.4. The summed E-state index contributed by atoms with van der Waals surface area (Å²) in [5.41, 5.74) is 0.239. The van der Waals surface area contributed by atoms with E-state index in [0.29, 0.717) is 42.0 Å². The van der Waals surface area contributed by atoms with Crippen molar-refractivity contribution in [1.82, 2.24) is 14.0 Å². The fourth-order valence-corrected chi connectivity index (χ4v) is 5.11. The molecule has 10 heteroatoms. The predicted molar refractivity (Wildman–Crippen MR) is 128 cm³/mol. The van der Waals surface area contributed by atoms with Crippen molar-refractivity contribution in [3.8, 4) is 5.75 Å². The quantitative estimate of drug-likeness (QED) is 0.475. The fraction of sp³-hybridized carbons (Fsp3) is 0.417. The maximum Gasteiger partial charge on any atom is 0.332 e. The SMILES string of the molecule is CCOC(=O)[C@H]1CCCN(C(=O)Cn2c(=O)n(Cc3cccc(OC)c3)c(=O)c3sccc32)C1. The molecule has 1 saturated heterocycles. The number of hydrogen-bond donors (Lipinski definition) is 0. The molecular weight excluding hydrogens is 458 g/mol. The summed E-state index contributed by atoms with van der Waals surface area (Å²) in [5.74, 6) is -0.309. The van der Waals surface area contributed by atoms with Crippen LogP contribution in [0.1, 0.15) is 25.3 Å². The van der Waals surface area contributed by atoms with E-state index in [1.54, 1.807) is 48.6 Å². The molecule has 1 atom stereocenters. The number of esters is 1. The van der Waals surface area contributed by atoms with E-state index in [1.807, 2.05) is 6.07 Å². The van der Waals surface area contributed by atoms with Crippen molar-refractivity contribution in [2.45, 2.75) is 32.9 Å². The number of methoxy groups -OCH3 is 1. The number of likely N-dealkylation sites (tertiary alicyclic amines) is 1. The number of piperidine rings is 1. The van der Waals surface area contributed by atoms with Gasteiger partial charge in [0.05, 0.1) is 31.7 Å². The van der Waals surface area contributed by atoms with Gasteiger partial charge in [0.25, 0.3) is 5.56 Å². The average molecular weight is 486 g/mol. The molecule has 3 heterocycles. The van der Waals surface area contributed by atoms with Gasteiger partial charge in [-0.25, -0.2) is 4.79 Å². The summed E-state index contributed by atoms with van der Waals surface area (Å²) < 4.78 is 13.3. The van der Waals surface area contributed by atoms with E-state index in [-0.39, 0.29) is 43.0 Å². The van der Waals surface area contributed by atoms with Crippen LogP contribution in [0.3, 0.4) is 0 Å². The Morgan fingerprint density at radius 3 is 2.76 bits per heavy atom. The zero-order valence-corrected chi connectivity index (χ0v) is 20.0. The molecule has 9 nitrogen and oxygen atoms in total. The number of nitrogens with zero attached hydrogens (tertiary/aromatic N) is 3. The molecule has 0 bridgehead atoms. The van der Waals surface area contributed by atoms with Gasteiger partial charge in [-0.05, 0) is 48.9 Å². The third-order valence-electron chi connectivity index (χ3n) is 6.00. The lowest BCUT2D eigenvalue weighted by Gasteiger charge is -2.31. The van der Waals surface area contributed by atoms with Crippen LogP contribution in [-0.2, 0) is 27.4 Å². The topological polar surface area (TPSA) is 99.8 Å². The number of thiophene rings is 1. The first-order valence-corrected chi connectivity index (χ1v) is 12.1. The number of fused-ring (bicyclic) bond motifs is 1. The van der Waals surface area contributed by atoms with Crippen LogP contribution < -0.4 is 16.0 Å². The lowest BCUT2D eigenvalue weighted by atomic mass is 9.98. The van der Waals surface area contributed by atoms with E-state index in [2.05, 4.69) is 0 Å². The minimum absolute atomic E-state index is 0.0611. The molecule has 1 aromatic carbocycles. The number of carbonyl (C=O) groups excluding carboxylic acids is 2. The molecule has 2 aromatic heterocycles. The van der Waals surface area contributed by atoms with Gasteiger partial charge in [-0.3, -0.25) is 23.5 Å². The number of hydrogen-bond acceptors (Lipinski definition) is 7. The molecule has 0 aliphatic carbocycles. The van der Waals surface area contributed by atoms with Crippen molar-refractivity contribution < 1.29 is 19.1 Å². The van der Waals surface area contributed by atoms with Crippen LogP contribution in [-0.4, -0.2) is 52.7 Å². The van der Waals surface area contributed by atoms with Crippen LogP contribution in [0.25, 0.3) is 10.2 Å². The molecule has 0 saturated carbocycles. The number of aromatic nitrogens is 2.